The van der Waals surface area contributed by atoms with Crippen molar-refractivity contribution in [2.45, 2.75) is 45.1 Å². The van der Waals surface area contributed by atoms with Gasteiger partial charge in [-0.25, -0.2) is 0 Å². The third-order valence-corrected chi connectivity index (χ3v) is 4.66. The fraction of sp³-hybridized carbons (Fsp3) is 0.632. The van der Waals surface area contributed by atoms with Gasteiger partial charge in [-0.1, -0.05) is 12.8 Å². The highest BCUT2D eigenvalue weighted by molar-refractivity contribution is 14.0. The van der Waals surface area contributed by atoms with Crippen molar-refractivity contribution >= 4 is 35.6 Å². The zero-order chi connectivity index (χ0) is 18.1. The van der Waals surface area contributed by atoms with Crippen LogP contribution in [0.4, 0.5) is 5.69 Å². The van der Waals surface area contributed by atoms with Crippen LogP contribution in [0.25, 0.3) is 0 Å². The predicted octanol–water partition coefficient (Wildman–Crippen LogP) is 4.03. The minimum absolute atomic E-state index is 0. The van der Waals surface area contributed by atoms with Gasteiger partial charge in [0.25, 0.3) is 0 Å². The van der Waals surface area contributed by atoms with Crippen molar-refractivity contribution in [2.75, 3.05) is 32.7 Å². The average molecular weight is 477 g/mol. The molecular formula is C19H32IN3O3. The fourth-order valence-electron chi connectivity index (χ4n) is 3.41. The largest absolute Gasteiger partial charge is 0.493 e. The van der Waals surface area contributed by atoms with E-state index in [9.17, 15) is 0 Å². The topological polar surface area (TPSA) is 78.1 Å². The van der Waals surface area contributed by atoms with E-state index in [4.69, 9.17) is 19.9 Å². The summed E-state index contributed by atoms with van der Waals surface area (Å²) < 4.78 is 16.4. The highest BCUT2D eigenvalue weighted by Gasteiger charge is 2.24. The number of methoxy groups -OCH3 is 2. The van der Waals surface area contributed by atoms with Gasteiger partial charge < -0.3 is 25.3 Å². The number of anilines is 1. The lowest BCUT2D eigenvalue weighted by atomic mass is 9.98. The fourth-order valence-corrected chi connectivity index (χ4v) is 3.41. The molecule has 0 aliphatic heterocycles. The van der Waals surface area contributed by atoms with Crippen molar-refractivity contribution in [2.24, 2.45) is 16.6 Å². The lowest BCUT2D eigenvalue weighted by molar-refractivity contribution is 0.0178. The minimum atomic E-state index is 0. The molecule has 3 N–H and O–H groups in total. The molecule has 1 aliphatic carbocycles. The predicted molar refractivity (Wildman–Crippen MR) is 117 cm³/mol. The number of guanidine groups is 1. The van der Waals surface area contributed by atoms with Gasteiger partial charge in [0.1, 0.15) is 0 Å². The summed E-state index contributed by atoms with van der Waals surface area (Å²) in [6.45, 7) is 3.47. The molecule has 7 heteroatoms. The van der Waals surface area contributed by atoms with E-state index in [2.05, 4.69) is 17.2 Å². The Morgan fingerprint density at radius 3 is 2.54 bits per heavy atom. The van der Waals surface area contributed by atoms with Crippen LogP contribution in [0.15, 0.2) is 23.2 Å². The Kier molecular flexibility index (Phi) is 10.7. The van der Waals surface area contributed by atoms with Crippen LogP contribution in [0.1, 0.15) is 39.0 Å². The third kappa shape index (κ3) is 6.83. The molecule has 0 amide bonds. The van der Waals surface area contributed by atoms with Gasteiger partial charge in [-0.05, 0) is 44.2 Å². The van der Waals surface area contributed by atoms with Crippen molar-refractivity contribution in [3.8, 4) is 11.5 Å². The van der Waals surface area contributed by atoms with Gasteiger partial charge in [0.05, 0.1) is 20.3 Å². The molecule has 0 aromatic heterocycles. The quantitative estimate of drug-likeness (QED) is 0.319. The molecule has 6 nitrogen and oxygen atoms in total. The molecule has 0 saturated heterocycles. The van der Waals surface area contributed by atoms with Crippen molar-refractivity contribution < 1.29 is 14.2 Å². The SMILES string of the molecule is CCOC(CCN=C(N)Nc1ccc(OC)c(OC)c1)C1CCCC1.I. The summed E-state index contributed by atoms with van der Waals surface area (Å²) in [5.41, 5.74) is 6.82. The Morgan fingerprint density at radius 1 is 1.23 bits per heavy atom. The number of benzene rings is 1. The molecule has 1 saturated carbocycles. The van der Waals surface area contributed by atoms with Gasteiger partial charge >= 0.3 is 0 Å². The van der Waals surface area contributed by atoms with Crippen LogP contribution in [0, 0.1) is 5.92 Å². The van der Waals surface area contributed by atoms with Crippen molar-refractivity contribution in [1.82, 2.24) is 0 Å². The molecule has 0 heterocycles. The number of nitrogens with zero attached hydrogens (tertiary/aromatic N) is 1. The molecular weight excluding hydrogens is 445 g/mol. The second-order valence-electron chi connectivity index (χ2n) is 6.29. The first-order chi connectivity index (χ1) is 12.2. The number of aliphatic imine (C=N–C) groups is 1. The monoisotopic (exact) mass is 477 g/mol. The number of hydrogen-bond acceptors (Lipinski definition) is 4. The van der Waals surface area contributed by atoms with E-state index in [1.807, 2.05) is 18.2 Å². The van der Waals surface area contributed by atoms with Gasteiger partial charge in [-0.15, -0.1) is 24.0 Å². The van der Waals surface area contributed by atoms with Crippen LogP contribution >= 0.6 is 24.0 Å². The third-order valence-electron chi connectivity index (χ3n) is 4.66. The summed E-state index contributed by atoms with van der Waals surface area (Å²) in [6, 6.07) is 5.55. The Labute approximate surface area is 173 Å². The lowest BCUT2D eigenvalue weighted by Crippen LogP contribution is -2.26. The first-order valence-corrected chi connectivity index (χ1v) is 9.08. The smallest absolute Gasteiger partial charge is 0.193 e. The number of hydrogen-bond donors (Lipinski definition) is 2. The molecule has 0 spiro atoms. The molecule has 1 aliphatic rings. The highest BCUT2D eigenvalue weighted by atomic mass is 127. The Morgan fingerprint density at radius 2 is 1.92 bits per heavy atom. The molecule has 2 rings (SSSR count). The molecule has 0 radical (unpaired) electrons. The summed E-state index contributed by atoms with van der Waals surface area (Å²) in [7, 11) is 3.22. The summed E-state index contributed by atoms with van der Waals surface area (Å²) in [5.74, 6) is 2.40. The molecule has 0 bridgehead atoms. The van der Waals surface area contributed by atoms with Crippen molar-refractivity contribution in [3.63, 3.8) is 0 Å². The van der Waals surface area contributed by atoms with Crippen LogP contribution in [0.3, 0.4) is 0 Å². The summed E-state index contributed by atoms with van der Waals surface area (Å²) >= 11 is 0. The number of ether oxygens (including phenoxy) is 3. The van der Waals surface area contributed by atoms with Crippen LogP contribution in [-0.2, 0) is 4.74 Å². The van der Waals surface area contributed by atoms with Crippen LogP contribution in [-0.4, -0.2) is 39.4 Å². The van der Waals surface area contributed by atoms with E-state index in [1.54, 1.807) is 14.2 Å². The van der Waals surface area contributed by atoms with Gasteiger partial charge in [0.15, 0.2) is 17.5 Å². The lowest BCUT2D eigenvalue weighted by Gasteiger charge is -2.22. The van der Waals surface area contributed by atoms with Gasteiger partial charge in [-0.3, -0.25) is 4.99 Å². The van der Waals surface area contributed by atoms with Crippen molar-refractivity contribution in [3.05, 3.63) is 18.2 Å². The van der Waals surface area contributed by atoms with Crippen LogP contribution in [0.5, 0.6) is 11.5 Å². The number of nitrogens with one attached hydrogen (secondary N) is 1. The van der Waals surface area contributed by atoms with Gasteiger partial charge in [0, 0.05) is 24.9 Å². The molecule has 1 atom stereocenters. The second-order valence-corrected chi connectivity index (χ2v) is 6.29. The zero-order valence-corrected chi connectivity index (χ0v) is 18.3. The Hall–Kier alpha value is -1.22. The van der Waals surface area contributed by atoms with E-state index in [0.29, 0.717) is 36.0 Å². The molecule has 148 valence electrons. The Balaban J connectivity index is 0.00000338. The van der Waals surface area contributed by atoms with E-state index in [0.717, 1.165) is 18.7 Å². The number of halogens is 1. The maximum atomic E-state index is 6.01. The highest BCUT2D eigenvalue weighted by Crippen LogP contribution is 2.31. The Bertz CT molecular complexity index is 563. The van der Waals surface area contributed by atoms with Crippen LogP contribution < -0.4 is 20.5 Å². The minimum Gasteiger partial charge on any atom is -0.493 e. The summed E-state index contributed by atoms with van der Waals surface area (Å²) in [6.07, 6.45) is 6.39. The maximum absolute atomic E-state index is 6.01. The van der Waals surface area contributed by atoms with E-state index in [-0.39, 0.29) is 24.0 Å². The van der Waals surface area contributed by atoms with Gasteiger partial charge in [0.2, 0.25) is 0 Å². The number of rotatable bonds is 9. The van der Waals surface area contributed by atoms with Gasteiger partial charge in [-0.2, -0.15) is 0 Å². The van der Waals surface area contributed by atoms with E-state index < -0.39 is 0 Å². The molecule has 26 heavy (non-hydrogen) atoms. The normalized spacial score (nSPS) is 16.0. The van der Waals surface area contributed by atoms with E-state index >= 15 is 0 Å². The van der Waals surface area contributed by atoms with Crippen molar-refractivity contribution in [1.29, 1.82) is 0 Å². The first kappa shape index (κ1) is 22.8. The maximum Gasteiger partial charge on any atom is 0.193 e. The number of nitrogens with two attached hydrogens (primary N) is 1. The molecule has 1 unspecified atom stereocenters. The first-order valence-electron chi connectivity index (χ1n) is 9.08. The van der Waals surface area contributed by atoms with E-state index in [1.165, 1.54) is 25.7 Å². The second kappa shape index (κ2) is 12.2. The summed E-state index contributed by atoms with van der Waals surface area (Å²) in [5, 5.41) is 3.09. The summed E-state index contributed by atoms with van der Waals surface area (Å²) in [4.78, 5) is 4.44. The van der Waals surface area contributed by atoms with Crippen LogP contribution in [0.2, 0.25) is 0 Å². The standard InChI is InChI=1S/C19H31N3O3.HI/c1-4-25-16(14-7-5-6-8-14)11-12-21-19(20)22-15-9-10-17(23-2)18(13-15)24-3;/h9-10,13-14,16H,4-8,11-12H2,1-3H3,(H3,20,21,22);1H. The molecule has 1 fully saturated rings. The average Bonchev–Trinajstić information content (AvgIpc) is 3.15. The molecule has 1 aromatic carbocycles. The zero-order valence-electron chi connectivity index (χ0n) is 16.0. The molecule has 1 aromatic rings.